The van der Waals surface area contributed by atoms with Gasteiger partial charge in [-0.15, -0.1) is 0 Å². The number of nitrogens with zero attached hydrogens (tertiary/aromatic N) is 2. The first-order valence-electron chi connectivity index (χ1n) is 6.78. The van der Waals surface area contributed by atoms with Crippen molar-refractivity contribution in [2.45, 2.75) is 33.0 Å². The monoisotopic (exact) mass is 290 g/mol. The summed E-state index contributed by atoms with van der Waals surface area (Å²) in [5.41, 5.74) is 6.79. The second kappa shape index (κ2) is 6.99. The van der Waals surface area contributed by atoms with E-state index in [9.17, 15) is 4.39 Å². The van der Waals surface area contributed by atoms with Gasteiger partial charge >= 0.3 is 0 Å². The fourth-order valence-electron chi connectivity index (χ4n) is 1.78. The number of rotatable bonds is 6. The SMILES string of the molecule is CC(C)Oc1cncc(NCc2ccc(CN)cc2F)n1. The van der Waals surface area contributed by atoms with Gasteiger partial charge in [0, 0.05) is 18.7 Å². The van der Waals surface area contributed by atoms with Crippen molar-refractivity contribution in [2.75, 3.05) is 5.32 Å². The summed E-state index contributed by atoms with van der Waals surface area (Å²) in [6, 6.07) is 4.97. The van der Waals surface area contributed by atoms with Crippen molar-refractivity contribution in [2.24, 2.45) is 5.73 Å². The maximum absolute atomic E-state index is 13.8. The molecule has 0 saturated carbocycles. The average Bonchev–Trinajstić information content (AvgIpc) is 2.45. The first-order valence-corrected chi connectivity index (χ1v) is 6.78. The summed E-state index contributed by atoms with van der Waals surface area (Å²) < 4.78 is 19.3. The summed E-state index contributed by atoms with van der Waals surface area (Å²) in [5, 5.41) is 3.03. The quantitative estimate of drug-likeness (QED) is 0.855. The number of benzene rings is 1. The molecule has 1 aromatic heterocycles. The standard InChI is InChI=1S/C15H19FN4O/c1-10(2)21-15-9-18-8-14(20-15)19-7-12-4-3-11(6-17)5-13(12)16/h3-5,8-10H,6-7,17H2,1-2H3,(H,19,20). The Kier molecular flexibility index (Phi) is 5.05. The third kappa shape index (κ3) is 4.39. The van der Waals surface area contributed by atoms with E-state index in [1.807, 2.05) is 19.9 Å². The van der Waals surface area contributed by atoms with Gasteiger partial charge in [0.25, 0.3) is 0 Å². The Balaban J connectivity index is 2.02. The molecule has 3 N–H and O–H groups in total. The number of aromatic nitrogens is 2. The van der Waals surface area contributed by atoms with Crippen molar-refractivity contribution < 1.29 is 9.13 Å². The third-order valence-corrected chi connectivity index (χ3v) is 2.78. The number of ether oxygens (including phenoxy) is 1. The molecule has 6 heteroatoms. The van der Waals surface area contributed by atoms with E-state index in [1.165, 1.54) is 6.07 Å². The molecular weight excluding hydrogens is 271 g/mol. The molecule has 0 unspecified atom stereocenters. The van der Waals surface area contributed by atoms with Gasteiger partial charge in [0.15, 0.2) is 0 Å². The van der Waals surface area contributed by atoms with Crippen molar-refractivity contribution in [1.29, 1.82) is 0 Å². The molecule has 0 aliphatic rings. The van der Waals surface area contributed by atoms with Crippen molar-refractivity contribution >= 4 is 5.82 Å². The molecule has 0 amide bonds. The molecule has 0 spiro atoms. The summed E-state index contributed by atoms with van der Waals surface area (Å²) in [6.07, 6.45) is 3.14. The van der Waals surface area contributed by atoms with Gasteiger partial charge in [0.2, 0.25) is 5.88 Å². The highest BCUT2D eigenvalue weighted by Crippen LogP contribution is 2.14. The maximum Gasteiger partial charge on any atom is 0.234 e. The summed E-state index contributed by atoms with van der Waals surface area (Å²) >= 11 is 0. The van der Waals surface area contributed by atoms with Crippen LogP contribution in [0.25, 0.3) is 0 Å². The molecule has 2 aromatic rings. The zero-order chi connectivity index (χ0) is 15.2. The van der Waals surface area contributed by atoms with Crippen LogP contribution in [0.5, 0.6) is 5.88 Å². The van der Waals surface area contributed by atoms with E-state index in [-0.39, 0.29) is 11.9 Å². The fraction of sp³-hybridized carbons (Fsp3) is 0.333. The van der Waals surface area contributed by atoms with Crippen LogP contribution in [0, 0.1) is 5.82 Å². The van der Waals surface area contributed by atoms with Crippen LogP contribution in [0.1, 0.15) is 25.0 Å². The molecule has 0 aliphatic carbocycles. The molecule has 0 radical (unpaired) electrons. The number of nitrogens with one attached hydrogen (secondary N) is 1. The topological polar surface area (TPSA) is 73.1 Å². The fourth-order valence-corrected chi connectivity index (χ4v) is 1.78. The van der Waals surface area contributed by atoms with Crippen molar-refractivity contribution in [1.82, 2.24) is 9.97 Å². The maximum atomic E-state index is 13.8. The van der Waals surface area contributed by atoms with Crippen LogP contribution >= 0.6 is 0 Å². The highest BCUT2D eigenvalue weighted by molar-refractivity contribution is 5.35. The van der Waals surface area contributed by atoms with Gasteiger partial charge in [-0.2, -0.15) is 4.98 Å². The Hall–Kier alpha value is -2.21. The second-order valence-electron chi connectivity index (χ2n) is 4.89. The lowest BCUT2D eigenvalue weighted by Crippen LogP contribution is -2.09. The van der Waals surface area contributed by atoms with Gasteiger partial charge in [-0.3, -0.25) is 4.98 Å². The highest BCUT2D eigenvalue weighted by Gasteiger charge is 2.05. The number of halogens is 1. The average molecular weight is 290 g/mol. The predicted octanol–water partition coefficient (Wildman–Crippen LogP) is 2.47. The molecule has 1 aromatic carbocycles. The zero-order valence-electron chi connectivity index (χ0n) is 12.1. The summed E-state index contributed by atoms with van der Waals surface area (Å²) in [7, 11) is 0. The van der Waals surface area contributed by atoms with Crippen molar-refractivity contribution in [3.63, 3.8) is 0 Å². The van der Waals surface area contributed by atoms with E-state index in [0.29, 0.717) is 30.4 Å². The number of hydrogen-bond donors (Lipinski definition) is 2. The highest BCUT2D eigenvalue weighted by atomic mass is 19.1. The van der Waals surface area contributed by atoms with Gasteiger partial charge in [0.1, 0.15) is 11.6 Å². The van der Waals surface area contributed by atoms with E-state index >= 15 is 0 Å². The molecule has 0 fully saturated rings. The first kappa shape index (κ1) is 15.2. The molecule has 5 nitrogen and oxygen atoms in total. The number of nitrogens with two attached hydrogens (primary N) is 1. The normalized spacial score (nSPS) is 10.7. The predicted molar refractivity (Wildman–Crippen MR) is 79.4 cm³/mol. The van der Waals surface area contributed by atoms with Crippen LogP contribution < -0.4 is 15.8 Å². The Labute approximate surface area is 123 Å². The van der Waals surface area contributed by atoms with E-state index in [2.05, 4.69) is 15.3 Å². The molecule has 0 saturated heterocycles. The van der Waals surface area contributed by atoms with Gasteiger partial charge < -0.3 is 15.8 Å². The van der Waals surface area contributed by atoms with E-state index in [4.69, 9.17) is 10.5 Å². The second-order valence-corrected chi connectivity index (χ2v) is 4.89. The minimum Gasteiger partial charge on any atom is -0.474 e. The van der Waals surface area contributed by atoms with Crippen LogP contribution in [0.2, 0.25) is 0 Å². The largest absolute Gasteiger partial charge is 0.474 e. The van der Waals surface area contributed by atoms with Crippen LogP contribution in [0.3, 0.4) is 0 Å². The summed E-state index contributed by atoms with van der Waals surface area (Å²) in [4.78, 5) is 8.29. The molecule has 0 atom stereocenters. The van der Waals surface area contributed by atoms with Crippen LogP contribution in [-0.2, 0) is 13.1 Å². The van der Waals surface area contributed by atoms with E-state index < -0.39 is 0 Å². The molecule has 112 valence electrons. The lowest BCUT2D eigenvalue weighted by atomic mass is 10.1. The minimum absolute atomic E-state index is 0.0239. The molecule has 1 heterocycles. The van der Waals surface area contributed by atoms with Crippen molar-refractivity contribution in [3.05, 3.63) is 47.5 Å². The van der Waals surface area contributed by atoms with Gasteiger partial charge in [-0.05, 0) is 25.5 Å². The van der Waals surface area contributed by atoms with Crippen LogP contribution in [0.15, 0.2) is 30.6 Å². The molecule has 21 heavy (non-hydrogen) atoms. The van der Waals surface area contributed by atoms with E-state index in [1.54, 1.807) is 18.5 Å². The number of hydrogen-bond acceptors (Lipinski definition) is 5. The minimum atomic E-state index is -0.284. The zero-order valence-corrected chi connectivity index (χ0v) is 12.1. The lowest BCUT2D eigenvalue weighted by Gasteiger charge is -2.11. The van der Waals surface area contributed by atoms with Crippen LogP contribution in [-0.4, -0.2) is 16.1 Å². The van der Waals surface area contributed by atoms with Gasteiger partial charge in [-0.25, -0.2) is 4.39 Å². The Bertz CT molecular complexity index is 604. The van der Waals surface area contributed by atoms with E-state index in [0.717, 1.165) is 5.56 Å². The van der Waals surface area contributed by atoms with Crippen molar-refractivity contribution in [3.8, 4) is 5.88 Å². The molecule has 2 rings (SSSR count). The van der Waals surface area contributed by atoms with Gasteiger partial charge in [-0.1, -0.05) is 12.1 Å². The van der Waals surface area contributed by atoms with Crippen LogP contribution in [0.4, 0.5) is 10.2 Å². The lowest BCUT2D eigenvalue weighted by molar-refractivity contribution is 0.232. The smallest absolute Gasteiger partial charge is 0.234 e. The Morgan fingerprint density at radius 2 is 2.14 bits per heavy atom. The number of anilines is 1. The van der Waals surface area contributed by atoms with Gasteiger partial charge in [0.05, 0.1) is 18.5 Å². The Morgan fingerprint density at radius 3 is 2.81 bits per heavy atom. The molecule has 0 aliphatic heterocycles. The Morgan fingerprint density at radius 1 is 1.33 bits per heavy atom. The molecular formula is C15H19FN4O. The summed E-state index contributed by atoms with van der Waals surface area (Å²) in [6.45, 7) is 4.47. The first-order chi connectivity index (χ1) is 10.1. The third-order valence-electron chi connectivity index (χ3n) is 2.78. The summed E-state index contributed by atoms with van der Waals surface area (Å²) in [5.74, 6) is 0.692. The molecule has 0 bridgehead atoms.